The molecule has 0 spiro atoms. The number of methoxy groups -OCH3 is 1. The fraction of sp³-hybridized carbons (Fsp3) is 0.304. The van der Waals surface area contributed by atoms with E-state index >= 15 is 0 Å². The molecule has 0 radical (unpaired) electrons. The van der Waals surface area contributed by atoms with Crippen molar-refractivity contribution in [2.24, 2.45) is 0 Å². The number of amides is 1. The van der Waals surface area contributed by atoms with Crippen LogP contribution in [0.3, 0.4) is 0 Å². The smallest absolute Gasteiger partial charge is 0.348 e. The first-order chi connectivity index (χ1) is 16.3. The van der Waals surface area contributed by atoms with Crippen molar-refractivity contribution in [1.29, 1.82) is 0 Å². The van der Waals surface area contributed by atoms with Crippen LogP contribution in [0.4, 0.5) is 5.69 Å². The molecule has 1 aromatic heterocycles. The van der Waals surface area contributed by atoms with Gasteiger partial charge in [0.2, 0.25) is 10.0 Å². The fourth-order valence-corrected chi connectivity index (χ4v) is 6.48. The number of nitrogens with zero attached hydrogens (tertiary/aromatic N) is 1. The van der Waals surface area contributed by atoms with Crippen LogP contribution < -0.4 is 10.1 Å². The number of benzene rings is 2. The van der Waals surface area contributed by atoms with Crippen LogP contribution in [0, 0.1) is 0 Å². The SMILES string of the molecule is COC(=O)c1cc2cc(NC(=O)COc3ccc(S(=O)(=O)N4CCCCC4)cc3Cl)ccc2s1. The molecular formula is C23H23ClN2O6S2. The topological polar surface area (TPSA) is 102 Å². The predicted octanol–water partition coefficient (Wildman–Crippen LogP) is 4.53. The van der Waals surface area contributed by atoms with Crippen LogP contribution in [0.25, 0.3) is 10.1 Å². The third-order valence-electron chi connectivity index (χ3n) is 5.40. The molecule has 4 rings (SSSR count). The molecule has 0 atom stereocenters. The van der Waals surface area contributed by atoms with Crippen molar-refractivity contribution in [2.45, 2.75) is 24.2 Å². The van der Waals surface area contributed by atoms with Gasteiger partial charge in [0, 0.05) is 23.5 Å². The van der Waals surface area contributed by atoms with Crippen molar-refractivity contribution in [2.75, 3.05) is 32.1 Å². The Morgan fingerprint density at radius 3 is 2.56 bits per heavy atom. The highest BCUT2D eigenvalue weighted by Crippen LogP contribution is 2.31. The third kappa shape index (κ3) is 5.35. The zero-order valence-electron chi connectivity index (χ0n) is 18.4. The number of esters is 1. The van der Waals surface area contributed by atoms with Crippen molar-refractivity contribution in [3.63, 3.8) is 0 Å². The van der Waals surface area contributed by atoms with Gasteiger partial charge >= 0.3 is 5.97 Å². The normalized spacial score (nSPS) is 14.6. The Morgan fingerprint density at radius 1 is 1.09 bits per heavy atom. The summed E-state index contributed by atoms with van der Waals surface area (Å²) in [5.41, 5.74) is 0.546. The second kappa shape index (κ2) is 10.3. The maximum absolute atomic E-state index is 12.8. The van der Waals surface area contributed by atoms with Gasteiger partial charge in [-0.2, -0.15) is 4.31 Å². The van der Waals surface area contributed by atoms with Crippen LogP contribution >= 0.6 is 22.9 Å². The molecule has 180 valence electrons. The van der Waals surface area contributed by atoms with E-state index < -0.39 is 21.9 Å². The van der Waals surface area contributed by atoms with Gasteiger partial charge in [-0.1, -0.05) is 18.0 Å². The largest absolute Gasteiger partial charge is 0.482 e. The number of anilines is 1. The average Bonchev–Trinajstić information content (AvgIpc) is 3.26. The van der Waals surface area contributed by atoms with Crippen LogP contribution in [0.15, 0.2) is 47.4 Å². The zero-order valence-corrected chi connectivity index (χ0v) is 20.8. The summed E-state index contributed by atoms with van der Waals surface area (Å²) in [4.78, 5) is 24.7. The molecular weight excluding hydrogens is 500 g/mol. The van der Waals surface area contributed by atoms with Gasteiger partial charge in [0.25, 0.3) is 5.91 Å². The Labute approximate surface area is 206 Å². The number of hydrogen-bond donors (Lipinski definition) is 1. The Balaban J connectivity index is 1.38. The van der Waals surface area contributed by atoms with Crippen molar-refractivity contribution < 1.29 is 27.5 Å². The molecule has 1 aliphatic rings. The first-order valence-electron chi connectivity index (χ1n) is 10.6. The minimum absolute atomic E-state index is 0.103. The predicted molar refractivity (Wildman–Crippen MR) is 131 cm³/mol. The van der Waals surface area contributed by atoms with Gasteiger partial charge in [-0.05, 0) is 60.7 Å². The van der Waals surface area contributed by atoms with Crippen LogP contribution in [0.5, 0.6) is 5.75 Å². The van der Waals surface area contributed by atoms with E-state index in [1.807, 2.05) is 0 Å². The highest BCUT2D eigenvalue weighted by molar-refractivity contribution is 7.89. The van der Waals surface area contributed by atoms with Gasteiger partial charge in [-0.3, -0.25) is 4.79 Å². The molecule has 1 aliphatic heterocycles. The Bertz CT molecular complexity index is 1330. The number of sulfonamides is 1. The summed E-state index contributed by atoms with van der Waals surface area (Å²) in [6, 6.07) is 11.2. The molecule has 8 nitrogen and oxygen atoms in total. The number of carbonyl (C=O) groups excluding carboxylic acids is 2. The van der Waals surface area contributed by atoms with Crippen molar-refractivity contribution >= 4 is 60.6 Å². The molecule has 0 unspecified atom stereocenters. The summed E-state index contributed by atoms with van der Waals surface area (Å²) in [5.74, 6) is -0.610. The van der Waals surface area contributed by atoms with Gasteiger partial charge in [0.05, 0.1) is 17.0 Å². The fourth-order valence-electron chi connectivity index (χ4n) is 3.68. The Morgan fingerprint density at radius 2 is 1.85 bits per heavy atom. The highest BCUT2D eigenvalue weighted by Gasteiger charge is 2.26. The molecule has 0 saturated carbocycles. The van der Waals surface area contributed by atoms with Gasteiger partial charge in [-0.15, -0.1) is 11.3 Å². The number of carbonyl (C=O) groups is 2. The lowest BCUT2D eigenvalue weighted by Gasteiger charge is -2.26. The average molecular weight is 523 g/mol. The van der Waals surface area contributed by atoms with Gasteiger partial charge in [0.1, 0.15) is 10.6 Å². The van der Waals surface area contributed by atoms with Crippen LogP contribution in [0.2, 0.25) is 5.02 Å². The van der Waals surface area contributed by atoms with Crippen LogP contribution in [-0.4, -0.2) is 51.4 Å². The minimum atomic E-state index is -3.61. The van der Waals surface area contributed by atoms with E-state index in [1.165, 1.54) is 41.0 Å². The molecule has 2 heterocycles. The van der Waals surface area contributed by atoms with E-state index in [2.05, 4.69) is 5.32 Å². The standard InChI is InChI=1S/C23H23ClN2O6S2/c1-31-23(28)21-12-15-11-16(5-8-20(15)33-21)25-22(27)14-32-19-7-6-17(13-18(19)24)34(29,30)26-9-3-2-4-10-26/h5-8,11-13H,2-4,9-10,14H2,1H3,(H,25,27). The summed E-state index contributed by atoms with van der Waals surface area (Å²) in [6.45, 7) is 0.687. The van der Waals surface area contributed by atoms with E-state index in [-0.39, 0.29) is 22.3 Å². The molecule has 1 fully saturated rings. The molecule has 11 heteroatoms. The van der Waals surface area contributed by atoms with E-state index in [0.717, 1.165) is 29.3 Å². The first kappa shape index (κ1) is 24.5. The van der Waals surface area contributed by atoms with Crippen molar-refractivity contribution in [1.82, 2.24) is 4.31 Å². The quantitative estimate of drug-likeness (QED) is 0.457. The van der Waals surface area contributed by atoms with E-state index in [9.17, 15) is 18.0 Å². The van der Waals surface area contributed by atoms with Crippen LogP contribution in [-0.2, 0) is 19.6 Å². The minimum Gasteiger partial charge on any atom is -0.482 e. The number of thiophene rings is 1. The highest BCUT2D eigenvalue weighted by atomic mass is 35.5. The lowest BCUT2D eigenvalue weighted by Crippen LogP contribution is -2.35. The summed E-state index contributed by atoms with van der Waals surface area (Å²) < 4.78 is 38.2. The second-order valence-electron chi connectivity index (χ2n) is 7.75. The number of hydrogen-bond acceptors (Lipinski definition) is 7. The molecule has 0 aliphatic carbocycles. The lowest BCUT2D eigenvalue weighted by atomic mass is 10.2. The molecule has 3 aromatic rings. The molecule has 1 saturated heterocycles. The molecule has 2 aromatic carbocycles. The summed E-state index contributed by atoms with van der Waals surface area (Å²) in [7, 11) is -2.29. The summed E-state index contributed by atoms with van der Waals surface area (Å²) >= 11 is 7.55. The van der Waals surface area contributed by atoms with Gasteiger partial charge in [-0.25, -0.2) is 13.2 Å². The summed E-state index contributed by atoms with van der Waals surface area (Å²) in [6.07, 6.45) is 2.71. The molecule has 1 amide bonds. The van der Waals surface area contributed by atoms with Crippen LogP contribution in [0.1, 0.15) is 28.9 Å². The Hall–Kier alpha value is -2.66. The van der Waals surface area contributed by atoms with Gasteiger partial charge in [0.15, 0.2) is 6.61 Å². The van der Waals surface area contributed by atoms with E-state index in [1.54, 1.807) is 24.3 Å². The number of rotatable bonds is 7. The van der Waals surface area contributed by atoms with Crippen molar-refractivity contribution in [3.05, 3.63) is 52.4 Å². The molecule has 34 heavy (non-hydrogen) atoms. The van der Waals surface area contributed by atoms with Gasteiger partial charge < -0.3 is 14.8 Å². The number of fused-ring (bicyclic) bond motifs is 1. The second-order valence-corrected chi connectivity index (χ2v) is 11.2. The molecule has 1 N–H and O–H groups in total. The maximum Gasteiger partial charge on any atom is 0.348 e. The third-order valence-corrected chi connectivity index (χ3v) is 8.69. The first-order valence-corrected chi connectivity index (χ1v) is 13.3. The van der Waals surface area contributed by atoms with E-state index in [0.29, 0.717) is 23.7 Å². The maximum atomic E-state index is 12.8. The number of halogens is 1. The number of piperidine rings is 1. The Kier molecular flexibility index (Phi) is 7.42. The number of nitrogens with one attached hydrogen (secondary N) is 1. The lowest BCUT2D eigenvalue weighted by molar-refractivity contribution is -0.118. The van der Waals surface area contributed by atoms with E-state index in [4.69, 9.17) is 21.1 Å². The monoisotopic (exact) mass is 522 g/mol. The molecule has 0 bridgehead atoms. The zero-order chi connectivity index (χ0) is 24.3. The summed E-state index contributed by atoms with van der Waals surface area (Å²) in [5, 5.41) is 3.65. The van der Waals surface area contributed by atoms with Crippen molar-refractivity contribution in [3.8, 4) is 5.75 Å². The number of ether oxygens (including phenoxy) is 2.